The second kappa shape index (κ2) is 6.83. The molecule has 0 aromatic heterocycles. The molecule has 0 aromatic rings. The molecule has 0 radical (unpaired) electrons. The van der Waals surface area contributed by atoms with Crippen molar-refractivity contribution in [3.05, 3.63) is 0 Å². The summed E-state index contributed by atoms with van der Waals surface area (Å²) in [5.41, 5.74) is -0.350. The van der Waals surface area contributed by atoms with Crippen LogP contribution in [0.25, 0.3) is 0 Å². The molecule has 0 N–H and O–H groups in total. The monoisotopic (exact) mass is 238 g/mol. The summed E-state index contributed by atoms with van der Waals surface area (Å²) >= 11 is 5.68. The lowest BCUT2D eigenvalue weighted by atomic mass is 10.3. The van der Waals surface area contributed by atoms with Gasteiger partial charge in [-0.1, -0.05) is 0 Å². The molecule has 2 nitrogen and oxygen atoms in total. The summed E-state index contributed by atoms with van der Waals surface area (Å²) in [4.78, 5) is 0. The Kier molecular flexibility index (Phi) is 7.04. The molecule has 0 atom stereocenters. The summed E-state index contributed by atoms with van der Waals surface area (Å²) in [6, 6.07) is 0. The molecule has 4 heteroatoms. The zero-order valence-electron chi connectivity index (χ0n) is 9.97. The fraction of sp³-hybridized carbons (Fsp3) is 1.00. The molecule has 14 heavy (non-hydrogen) atoms. The molecule has 0 rings (SSSR count). The predicted molar refractivity (Wildman–Crippen MR) is 65.1 cm³/mol. The van der Waals surface area contributed by atoms with Crippen molar-refractivity contribution in [2.45, 2.75) is 58.2 Å². The lowest BCUT2D eigenvalue weighted by molar-refractivity contribution is -0.217. The fourth-order valence-electron chi connectivity index (χ4n) is 1.53. The standard InChI is InChI=1S/C10H23ClO2Si/c1-8(2)12-10(14,6-5-7-11)13-9(3)4/h8-9H,5-7H2,1-4,14H3. The van der Waals surface area contributed by atoms with Gasteiger partial charge in [-0.3, -0.25) is 0 Å². The summed E-state index contributed by atoms with van der Waals surface area (Å²) in [5.74, 6) is 0.674. The number of halogens is 1. The Morgan fingerprint density at radius 1 is 1.14 bits per heavy atom. The van der Waals surface area contributed by atoms with Crippen LogP contribution in [0, 0.1) is 0 Å². The molecular formula is C10H23ClO2Si. The number of alkyl halides is 1. The van der Waals surface area contributed by atoms with Crippen molar-refractivity contribution in [3.63, 3.8) is 0 Å². The van der Waals surface area contributed by atoms with E-state index >= 15 is 0 Å². The van der Waals surface area contributed by atoms with Gasteiger partial charge in [0.1, 0.15) is 5.41 Å². The zero-order valence-corrected chi connectivity index (χ0v) is 12.7. The van der Waals surface area contributed by atoms with Crippen LogP contribution in [0.15, 0.2) is 0 Å². The molecule has 0 amide bonds. The smallest absolute Gasteiger partial charge is 0.142 e. The number of hydrogen-bond donors (Lipinski definition) is 0. The highest BCUT2D eigenvalue weighted by Gasteiger charge is 2.27. The average molecular weight is 239 g/mol. The Labute approximate surface area is 95.7 Å². The van der Waals surface area contributed by atoms with E-state index in [0.717, 1.165) is 23.1 Å². The van der Waals surface area contributed by atoms with E-state index in [0.29, 0.717) is 5.88 Å². The maximum atomic E-state index is 5.83. The summed E-state index contributed by atoms with van der Waals surface area (Å²) < 4.78 is 11.7. The van der Waals surface area contributed by atoms with Gasteiger partial charge in [-0.25, -0.2) is 0 Å². The largest absolute Gasteiger partial charge is 0.352 e. The second-order valence-corrected chi connectivity index (χ2v) is 6.16. The highest BCUT2D eigenvalue weighted by molar-refractivity contribution is 6.18. The number of hydrogen-bond acceptors (Lipinski definition) is 2. The normalized spacial score (nSPS) is 13.1. The first kappa shape index (κ1) is 14.4. The van der Waals surface area contributed by atoms with Crippen molar-refractivity contribution < 1.29 is 9.47 Å². The minimum atomic E-state index is -0.350. The maximum Gasteiger partial charge on any atom is 0.142 e. The first-order chi connectivity index (χ1) is 6.39. The van der Waals surface area contributed by atoms with Gasteiger partial charge in [0, 0.05) is 5.88 Å². The van der Waals surface area contributed by atoms with E-state index in [1.54, 1.807) is 0 Å². The molecule has 0 saturated heterocycles. The molecule has 0 aliphatic carbocycles. The van der Waals surface area contributed by atoms with Gasteiger partial charge in [0.2, 0.25) is 0 Å². The minimum absolute atomic E-state index is 0.210. The van der Waals surface area contributed by atoms with E-state index in [1.807, 2.05) is 27.7 Å². The number of rotatable bonds is 7. The van der Waals surface area contributed by atoms with Gasteiger partial charge in [0.05, 0.1) is 22.5 Å². The summed E-state index contributed by atoms with van der Waals surface area (Å²) in [6.45, 7) is 8.15. The fourth-order valence-corrected chi connectivity index (χ4v) is 2.96. The van der Waals surface area contributed by atoms with Gasteiger partial charge in [-0.05, 0) is 40.5 Å². The number of ether oxygens (including phenoxy) is 2. The van der Waals surface area contributed by atoms with Crippen molar-refractivity contribution in [3.8, 4) is 0 Å². The summed E-state index contributed by atoms with van der Waals surface area (Å²) in [6.07, 6.45) is 2.27. The maximum absolute atomic E-state index is 5.83. The van der Waals surface area contributed by atoms with E-state index in [4.69, 9.17) is 21.1 Å². The first-order valence-electron chi connectivity index (χ1n) is 5.31. The van der Waals surface area contributed by atoms with Crippen LogP contribution in [0.2, 0.25) is 0 Å². The zero-order chi connectivity index (χ0) is 11.2. The van der Waals surface area contributed by atoms with Crippen LogP contribution in [0.3, 0.4) is 0 Å². The minimum Gasteiger partial charge on any atom is -0.352 e. The Morgan fingerprint density at radius 2 is 1.57 bits per heavy atom. The van der Waals surface area contributed by atoms with E-state index in [2.05, 4.69) is 0 Å². The second-order valence-electron chi connectivity index (χ2n) is 4.26. The van der Waals surface area contributed by atoms with Crippen LogP contribution in [0.4, 0.5) is 0 Å². The van der Waals surface area contributed by atoms with Crippen LogP contribution in [0.1, 0.15) is 40.5 Å². The Bertz CT molecular complexity index is 141. The van der Waals surface area contributed by atoms with Gasteiger partial charge in [0.15, 0.2) is 0 Å². The summed E-state index contributed by atoms with van der Waals surface area (Å²) in [5, 5.41) is 0. The van der Waals surface area contributed by atoms with Crippen molar-refractivity contribution >= 4 is 21.8 Å². The van der Waals surface area contributed by atoms with Gasteiger partial charge in [-0.2, -0.15) is 0 Å². The third-order valence-electron chi connectivity index (χ3n) is 1.73. The molecule has 0 aromatic carbocycles. The molecule has 0 aliphatic heterocycles. The molecule has 0 aliphatic rings. The Balaban J connectivity index is 4.17. The van der Waals surface area contributed by atoms with E-state index in [1.165, 1.54) is 0 Å². The van der Waals surface area contributed by atoms with Crippen molar-refractivity contribution in [2.75, 3.05) is 5.88 Å². The van der Waals surface area contributed by atoms with E-state index < -0.39 is 0 Å². The Hall–Kier alpha value is 0.427. The highest BCUT2D eigenvalue weighted by Crippen LogP contribution is 2.20. The van der Waals surface area contributed by atoms with Gasteiger partial charge >= 0.3 is 0 Å². The quantitative estimate of drug-likeness (QED) is 0.383. The molecule has 0 fully saturated rings. The SMILES string of the molecule is CC(C)OC([SiH3])(CCCCl)OC(C)C. The van der Waals surface area contributed by atoms with Gasteiger partial charge in [-0.15, -0.1) is 11.6 Å². The Morgan fingerprint density at radius 3 is 1.86 bits per heavy atom. The molecule has 0 unspecified atom stereocenters. The van der Waals surface area contributed by atoms with Gasteiger partial charge in [0.25, 0.3) is 0 Å². The third-order valence-corrected chi connectivity index (χ3v) is 2.97. The highest BCUT2D eigenvalue weighted by atomic mass is 35.5. The third kappa shape index (κ3) is 6.82. The predicted octanol–water partition coefficient (Wildman–Crippen LogP) is 1.87. The molecular weight excluding hydrogens is 216 g/mol. The van der Waals surface area contributed by atoms with E-state index in [-0.39, 0.29) is 17.6 Å². The van der Waals surface area contributed by atoms with Crippen LogP contribution in [0.5, 0.6) is 0 Å². The first-order valence-corrected chi connectivity index (χ1v) is 6.84. The molecule has 0 bridgehead atoms. The molecule has 0 heterocycles. The van der Waals surface area contributed by atoms with Crippen LogP contribution < -0.4 is 0 Å². The topological polar surface area (TPSA) is 18.5 Å². The van der Waals surface area contributed by atoms with Crippen molar-refractivity contribution in [1.29, 1.82) is 0 Å². The lowest BCUT2D eigenvalue weighted by Crippen LogP contribution is -2.41. The molecule has 0 saturated carbocycles. The summed E-state index contributed by atoms with van der Waals surface area (Å²) in [7, 11) is 0.875. The van der Waals surface area contributed by atoms with Crippen molar-refractivity contribution in [2.24, 2.45) is 0 Å². The molecule has 86 valence electrons. The lowest BCUT2D eigenvalue weighted by Gasteiger charge is -2.34. The van der Waals surface area contributed by atoms with Crippen LogP contribution >= 0.6 is 11.6 Å². The molecule has 0 spiro atoms. The average Bonchev–Trinajstić information content (AvgIpc) is 1.97. The van der Waals surface area contributed by atoms with Crippen molar-refractivity contribution in [1.82, 2.24) is 0 Å². The van der Waals surface area contributed by atoms with Crippen LogP contribution in [-0.2, 0) is 9.47 Å². The van der Waals surface area contributed by atoms with Gasteiger partial charge < -0.3 is 9.47 Å². The van der Waals surface area contributed by atoms with E-state index in [9.17, 15) is 0 Å². The van der Waals surface area contributed by atoms with Crippen LogP contribution in [-0.4, -0.2) is 33.7 Å².